The lowest BCUT2D eigenvalue weighted by Crippen LogP contribution is -2.33. The monoisotopic (exact) mass is 293 g/mol. The molecule has 0 bridgehead atoms. The van der Waals surface area contributed by atoms with E-state index in [9.17, 15) is 0 Å². The van der Waals surface area contributed by atoms with Gasteiger partial charge in [-0.2, -0.15) is 11.8 Å². The van der Waals surface area contributed by atoms with E-state index >= 15 is 0 Å². The summed E-state index contributed by atoms with van der Waals surface area (Å²) in [7, 11) is 0. The molecule has 0 aliphatic carbocycles. The lowest BCUT2D eigenvalue weighted by Gasteiger charge is -2.27. The van der Waals surface area contributed by atoms with Gasteiger partial charge in [-0.3, -0.25) is 0 Å². The number of piperidine rings is 1. The number of aromatic nitrogens is 2. The Kier molecular flexibility index (Phi) is 4.97. The predicted molar refractivity (Wildman–Crippen MR) is 85.7 cm³/mol. The van der Waals surface area contributed by atoms with Crippen LogP contribution in [0.3, 0.4) is 0 Å². The number of hydrogen-bond acceptors (Lipinski definition) is 6. The molecule has 0 spiro atoms. The van der Waals surface area contributed by atoms with E-state index in [-0.39, 0.29) is 0 Å². The Morgan fingerprint density at radius 2 is 2.05 bits per heavy atom. The van der Waals surface area contributed by atoms with Crippen LogP contribution in [0.5, 0.6) is 0 Å². The Morgan fingerprint density at radius 3 is 2.85 bits per heavy atom. The maximum Gasteiger partial charge on any atom is 0.134 e. The summed E-state index contributed by atoms with van der Waals surface area (Å²) in [5, 5.41) is 6.89. The number of anilines is 2. The van der Waals surface area contributed by atoms with Crippen molar-refractivity contribution in [3.63, 3.8) is 0 Å². The van der Waals surface area contributed by atoms with Crippen molar-refractivity contribution in [2.75, 3.05) is 54.4 Å². The summed E-state index contributed by atoms with van der Waals surface area (Å²) >= 11 is 2.02. The van der Waals surface area contributed by atoms with Gasteiger partial charge in [-0.15, -0.1) is 0 Å². The SMILES string of the molecule is c1nc(NCC2CCNCC2)cc(N2CCSCC2)n1. The first-order valence-electron chi connectivity index (χ1n) is 7.51. The highest BCUT2D eigenvalue weighted by Crippen LogP contribution is 2.19. The van der Waals surface area contributed by atoms with Gasteiger partial charge >= 0.3 is 0 Å². The number of nitrogens with one attached hydrogen (secondary N) is 2. The zero-order valence-corrected chi connectivity index (χ0v) is 12.7. The molecular weight excluding hydrogens is 270 g/mol. The van der Waals surface area contributed by atoms with Crippen LogP contribution in [0.25, 0.3) is 0 Å². The molecule has 1 aromatic rings. The molecule has 0 atom stereocenters. The summed E-state index contributed by atoms with van der Waals surface area (Å²) in [5.41, 5.74) is 0. The van der Waals surface area contributed by atoms with Gasteiger partial charge in [-0.1, -0.05) is 0 Å². The lowest BCUT2D eigenvalue weighted by atomic mass is 9.98. The van der Waals surface area contributed by atoms with E-state index in [2.05, 4.69) is 31.6 Å². The molecule has 2 N–H and O–H groups in total. The van der Waals surface area contributed by atoms with Crippen molar-refractivity contribution >= 4 is 23.4 Å². The van der Waals surface area contributed by atoms with Crippen LogP contribution in [0.2, 0.25) is 0 Å². The molecule has 1 aromatic heterocycles. The van der Waals surface area contributed by atoms with Gasteiger partial charge in [-0.05, 0) is 31.8 Å². The summed E-state index contributed by atoms with van der Waals surface area (Å²) in [5.74, 6) is 5.19. The Morgan fingerprint density at radius 1 is 1.25 bits per heavy atom. The fourth-order valence-electron chi connectivity index (χ4n) is 2.74. The minimum Gasteiger partial charge on any atom is -0.370 e. The third kappa shape index (κ3) is 3.76. The fourth-order valence-corrected chi connectivity index (χ4v) is 3.65. The molecule has 6 heteroatoms. The standard InChI is InChI=1S/C14H23N5S/c1-3-15-4-2-12(1)10-16-13-9-14(18-11-17-13)19-5-7-20-8-6-19/h9,11-12,15H,1-8,10H2,(H,16,17,18). The van der Waals surface area contributed by atoms with E-state index in [1.54, 1.807) is 6.33 Å². The molecule has 110 valence electrons. The van der Waals surface area contributed by atoms with E-state index in [0.29, 0.717) is 0 Å². The molecule has 0 aromatic carbocycles. The van der Waals surface area contributed by atoms with Crippen molar-refractivity contribution in [2.45, 2.75) is 12.8 Å². The zero-order chi connectivity index (χ0) is 13.6. The summed E-state index contributed by atoms with van der Waals surface area (Å²) in [6.45, 7) is 5.50. The molecule has 3 heterocycles. The van der Waals surface area contributed by atoms with Crippen LogP contribution >= 0.6 is 11.8 Å². The van der Waals surface area contributed by atoms with Crippen molar-refractivity contribution in [1.29, 1.82) is 0 Å². The minimum atomic E-state index is 0.765. The first-order valence-corrected chi connectivity index (χ1v) is 8.66. The summed E-state index contributed by atoms with van der Waals surface area (Å²) < 4.78 is 0. The molecule has 2 fully saturated rings. The topological polar surface area (TPSA) is 53.1 Å². The first kappa shape index (κ1) is 13.9. The molecule has 0 radical (unpaired) electrons. The third-order valence-electron chi connectivity index (χ3n) is 4.02. The number of hydrogen-bond donors (Lipinski definition) is 2. The molecule has 0 saturated carbocycles. The van der Waals surface area contributed by atoms with Crippen LogP contribution in [-0.2, 0) is 0 Å². The quantitative estimate of drug-likeness (QED) is 0.876. The Bertz CT molecular complexity index is 416. The molecule has 2 aliphatic heterocycles. The largest absolute Gasteiger partial charge is 0.370 e. The second kappa shape index (κ2) is 7.13. The van der Waals surface area contributed by atoms with Gasteiger partial charge in [0.25, 0.3) is 0 Å². The van der Waals surface area contributed by atoms with Gasteiger partial charge in [0.1, 0.15) is 18.0 Å². The zero-order valence-electron chi connectivity index (χ0n) is 11.8. The molecule has 0 amide bonds. The highest BCUT2D eigenvalue weighted by Gasteiger charge is 2.15. The van der Waals surface area contributed by atoms with E-state index in [1.165, 1.54) is 24.3 Å². The Labute approximate surface area is 124 Å². The van der Waals surface area contributed by atoms with Gasteiger partial charge in [0, 0.05) is 37.2 Å². The van der Waals surface area contributed by atoms with Crippen LogP contribution in [0.1, 0.15) is 12.8 Å². The third-order valence-corrected chi connectivity index (χ3v) is 4.96. The van der Waals surface area contributed by atoms with Crippen LogP contribution in [0.15, 0.2) is 12.4 Å². The Balaban J connectivity index is 1.56. The van der Waals surface area contributed by atoms with E-state index in [4.69, 9.17) is 0 Å². The van der Waals surface area contributed by atoms with E-state index in [1.807, 2.05) is 11.8 Å². The lowest BCUT2D eigenvalue weighted by molar-refractivity contribution is 0.389. The predicted octanol–water partition coefficient (Wildman–Crippen LogP) is 1.44. The molecule has 20 heavy (non-hydrogen) atoms. The maximum atomic E-state index is 4.41. The van der Waals surface area contributed by atoms with Crippen molar-refractivity contribution in [3.05, 3.63) is 12.4 Å². The first-order chi connectivity index (χ1) is 9.92. The number of nitrogens with zero attached hydrogens (tertiary/aromatic N) is 3. The second-order valence-electron chi connectivity index (χ2n) is 5.44. The smallest absolute Gasteiger partial charge is 0.134 e. The number of thioether (sulfide) groups is 1. The van der Waals surface area contributed by atoms with E-state index < -0.39 is 0 Å². The molecule has 2 saturated heterocycles. The van der Waals surface area contributed by atoms with Crippen molar-refractivity contribution in [1.82, 2.24) is 15.3 Å². The van der Waals surface area contributed by atoms with Gasteiger partial charge in [-0.25, -0.2) is 9.97 Å². The van der Waals surface area contributed by atoms with E-state index in [0.717, 1.165) is 50.3 Å². The maximum absolute atomic E-state index is 4.41. The van der Waals surface area contributed by atoms with Crippen molar-refractivity contribution in [3.8, 4) is 0 Å². The Hall–Kier alpha value is -1.01. The van der Waals surface area contributed by atoms with Crippen molar-refractivity contribution < 1.29 is 0 Å². The fraction of sp³-hybridized carbons (Fsp3) is 0.714. The molecule has 3 rings (SSSR count). The van der Waals surface area contributed by atoms with Crippen LogP contribution in [-0.4, -0.2) is 54.2 Å². The van der Waals surface area contributed by atoms with Crippen LogP contribution < -0.4 is 15.5 Å². The highest BCUT2D eigenvalue weighted by atomic mass is 32.2. The average molecular weight is 293 g/mol. The van der Waals surface area contributed by atoms with Crippen molar-refractivity contribution in [2.24, 2.45) is 5.92 Å². The highest BCUT2D eigenvalue weighted by molar-refractivity contribution is 7.99. The van der Waals surface area contributed by atoms with Gasteiger partial charge in [0.15, 0.2) is 0 Å². The number of rotatable bonds is 4. The average Bonchev–Trinajstić information content (AvgIpc) is 2.55. The molecular formula is C14H23N5S. The van der Waals surface area contributed by atoms with Crippen LogP contribution in [0.4, 0.5) is 11.6 Å². The normalized spacial score (nSPS) is 20.9. The molecule has 0 unspecified atom stereocenters. The molecule has 5 nitrogen and oxygen atoms in total. The minimum absolute atomic E-state index is 0.765. The molecule has 2 aliphatic rings. The van der Waals surface area contributed by atoms with Gasteiger partial charge < -0.3 is 15.5 Å². The van der Waals surface area contributed by atoms with Crippen LogP contribution in [0, 0.1) is 5.92 Å². The summed E-state index contributed by atoms with van der Waals surface area (Å²) in [4.78, 5) is 11.1. The summed E-state index contributed by atoms with van der Waals surface area (Å²) in [6, 6.07) is 2.09. The summed E-state index contributed by atoms with van der Waals surface area (Å²) in [6.07, 6.45) is 4.20. The second-order valence-corrected chi connectivity index (χ2v) is 6.66. The van der Waals surface area contributed by atoms with Gasteiger partial charge in [0.2, 0.25) is 0 Å². The van der Waals surface area contributed by atoms with Gasteiger partial charge in [0.05, 0.1) is 0 Å².